The van der Waals surface area contributed by atoms with E-state index in [4.69, 9.17) is 17.0 Å². The van der Waals surface area contributed by atoms with Crippen molar-refractivity contribution in [2.45, 2.75) is 57.9 Å². The van der Waals surface area contributed by atoms with Crippen LogP contribution in [0.4, 0.5) is 5.69 Å². The summed E-state index contributed by atoms with van der Waals surface area (Å²) in [5, 5.41) is 8.95. The van der Waals surface area contributed by atoms with Crippen LogP contribution in [-0.4, -0.2) is 29.6 Å². The first-order valence-electron chi connectivity index (χ1n) is 11.3. The van der Waals surface area contributed by atoms with Gasteiger partial charge in [-0.25, -0.2) is 0 Å². The lowest BCUT2D eigenvalue weighted by molar-refractivity contribution is 0.0926. The van der Waals surface area contributed by atoms with Gasteiger partial charge >= 0.3 is 0 Å². The molecule has 3 N–H and O–H groups in total. The fourth-order valence-corrected chi connectivity index (χ4v) is 3.83. The fourth-order valence-electron chi connectivity index (χ4n) is 3.62. The zero-order valence-corrected chi connectivity index (χ0v) is 19.3. The molecule has 0 saturated heterocycles. The van der Waals surface area contributed by atoms with Crippen LogP contribution in [0.15, 0.2) is 48.5 Å². The smallest absolute Gasteiger partial charge is 0.257 e. The minimum Gasteiger partial charge on any atom is -0.494 e. The third-order valence-electron chi connectivity index (χ3n) is 5.44. The lowest BCUT2D eigenvalue weighted by Crippen LogP contribution is -2.36. The standard InChI is InChI=1S/C25H31N3O3S/c1-2-3-16-31-22-11-7-8-19(17-22)24(30)28-25(32)27-21-14-12-18(13-15-21)23(29)26-20-9-5-4-6-10-20/h7-8,11-15,17,20H,2-6,9-10,16H2,1H3,(H,26,29)(H2,27,28,30,32). The van der Waals surface area contributed by atoms with Crippen LogP contribution in [0.5, 0.6) is 5.75 Å². The average Bonchev–Trinajstić information content (AvgIpc) is 2.80. The van der Waals surface area contributed by atoms with Crippen molar-refractivity contribution < 1.29 is 14.3 Å². The zero-order chi connectivity index (χ0) is 22.8. The largest absolute Gasteiger partial charge is 0.494 e. The summed E-state index contributed by atoms with van der Waals surface area (Å²) in [7, 11) is 0. The number of amides is 2. The van der Waals surface area contributed by atoms with Crippen LogP contribution in [-0.2, 0) is 0 Å². The number of anilines is 1. The van der Waals surface area contributed by atoms with Crippen molar-refractivity contribution in [3.63, 3.8) is 0 Å². The number of benzene rings is 2. The SMILES string of the molecule is CCCCOc1cccc(C(=O)NC(=S)Nc2ccc(C(=O)NC3CCCCC3)cc2)c1. The molecule has 2 aromatic carbocycles. The third-order valence-corrected chi connectivity index (χ3v) is 5.64. The van der Waals surface area contributed by atoms with E-state index in [2.05, 4.69) is 22.9 Å². The Morgan fingerprint density at radius 1 is 1.00 bits per heavy atom. The first kappa shape index (κ1) is 23.7. The van der Waals surface area contributed by atoms with E-state index in [9.17, 15) is 9.59 Å². The van der Waals surface area contributed by atoms with Crippen molar-refractivity contribution >= 4 is 34.8 Å². The molecule has 0 heterocycles. The third kappa shape index (κ3) is 7.34. The maximum atomic E-state index is 12.5. The van der Waals surface area contributed by atoms with Gasteiger partial charge in [0.15, 0.2) is 5.11 Å². The zero-order valence-electron chi connectivity index (χ0n) is 18.5. The van der Waals surface area contributed by atoms with E-state index in [-0.39, 0.29) is 23.0 Å². The number of hydrogen-bond acceptors (Lipinski definition) is 4. The van der Waals surface area contributed by atoms with E-state index in [1.165, 1.54) is 19.3 Å². The molecule has 170 valence electrons. The van der Waals surface area contributed by atoms with Crippen LogP contribution < -0.4 is 20.7 Å². The van der Waals surface area contributed by atoms with Gasteiger partial charge in [-0.15, -0.1) is 0 Å². The predicted octanol–water partition coefficient (Wildman–Crippen LogP) is 5.05. The van der Waals surface area contributed by atoms with E-state index in [0.29, 0.717) is 29.2 Å². The van der Waals surface area contributed by atoms with E-state index in [1.54, 1.807) is 42.5 Å². The normalized spacial score (nSPS) is 13.8. The van der Waals surface area contributed by atoms with Crippen LogP contribution in [0.3, 0.4) is 0 Å². The van der Waals surface area contributed by atoms with Crippen molar-refractivity contribution in [1.29, 1.82) is 0 Å². The quantitative estimate of drug-likeness (QED) is 0.385. The Hall–Kier alpha value is -2.93. The van der Waals surface area contributed by atoms with Gasteiger partial charge in [-0.2, -0.15) is 0 Å². The summed E-state index contributed by atoms with van der Waals surface area (Å²) in [4.78, 5) is 24.9. The maximum Gasteiger partial charge on any atom is 0.257 e. The number of carbonyl (C=O) groups is 2. The lowest BCUT2D eigenvalue weighted by Gasteiger charge is -2.22. The fraction of sp³-hybridized carbons (Fsp3) is 0.400. The first-order valence-corrected chi connectivity index (χ1v) is 11.7. The highest BCUT2D eigenvalue weighted by Gasteiger charge is 2.16. The van der Waals surface area contributed by atoms with E-state index in [1.807, 2.05) is 6.07 Å². The van der Waals surface area contributed by atoms with Crippen molar-refractivity contribution in [2.24, 2.45) is 0 Å². The Morgan fingerprint density at radius 3 is 2.47 bits per heavy atom. The van der Waals surface area contributed by atoms with Gasteiger partial charge < -0.3 is 15.4 Å². The molecule has 0 bridgehead atoms. The summed E-state index contributed by atoms with van der Waals surface area (Å²) in [6.45, 7) is 2.72. The molecule has 2 amide bonds. The molecule has 7 heteroatoms. The molecule has 0 radical (unpaired) electrons. The molecule has 1 aliphatic rings. The average molecular weight is 454 g/mol. The van der Waals surface area contributed by atoms with Crippen LogP contribution >= 0.6 is 12.2 Å². The van der Waals surface area contributed by atoms with E-state index < -0.39 is 0 Å². The minimum atomic E-state index is -0.313. The molecule has 1 fully saturated rings. The second kappa shape index (κ2) is 12.2. The van der Waals surface area contributed by atoms with Gasteiger partial charge in [0.1, 0.15) is 5.75 Å². The molecule has 32 heavy (non-hydrogen) atoms. The van der Waals surface area contributed by atoms with E-state index >= 15 is 0 Å². The molecule has 1 saturated carbocycles. The Morgan fingerprint density at radius 2 is 1.75 bits per heavy atom. The molecule has 0 spiro atoms. The number of unbranched alkanes of at least 4 members (excludes halogenated alkanes) is 1. The van der Waals surface area contributed by atoms with Crippen LogP contribution in [0.1, 0.15) is 72.6 Å². The summed E-state index contributed by atoms with van der Waals surface area (Å²) in [6.07, 6.45) is 7.71. The predicted molar refractivity (Wildman–Crippen MR) is 131 cm³/mol. The lowest BCUT2D eigenvalue weighted by atomic mass is 9.95. The summed E-state index contributed by atoms with van der Waals surface area (Å²) in [6, 6.07) is 14.3. The van der Waals surface area contributed by atoms with Crippen molar-refractivity contribution in [3.05, 3.63) is 59.7 Å². The van der Waals surface area contributed by atoms with Gasteiger partial charge in [0, 0.05) is 22.9 Å². The van der Waals surface area contributed by atoms with Crippen molar-refractivity contribution in [2.75, 3.05) is 11.9 Å². The molecule has 0 atom stereocenters. The molecule has 2 aromatic rings. The molecule has 0 aromatic heterocycles. The molecule has 6 nitrogen and oxygen atoms in total. The molecule has 0 unspecified atom stereocenters. The highest BCUT2D eigenvalue weighted by atomic mass is 32.1. The Labute approximate surface area is 195 Å². The number of nitrogens with one attached hydrogen (secondary N) is 3. The summed E-state index contributed by atoms with van der Waals surface area (Å²) >= 11 is 5.27. The second-order valence-corrected chi connectivity index (χ2v) is 8.43. The van der Waals surface area contributed by atoms with Gasteiger partial charge in [-0.1, -0.05) is 38.7 Å². The number of carbonyl (C=O) groups excluding carboxylic acids is 2. The van der Waals surface area contributed by atoms with Gasteiger partial charge in [0.05, 0.1) is 6.61 Å². The van der Waals surface area contributed by atoms with Gasteiger partial charge in [0.2, 0.25) is 0 Å². The highest BCUT2D eigenvalue weighted by molar-refractivity contribution is 7.80. The number of rotatable bonds is 8. The molecular formula is C25H31N3O3S. The van der Waals surface area contributed by atoms with Crippen molar-refractivity contribution in [1.82, 2.24) is 10.6 Å². The first-order chi connectivity index (χ1) is 15.5. The summed E-state index contributed by atoms with van der Waals surface area (Å²) in [5.41, 5.74) is 1.77. The number of thiocarbonyl (C=S) groups is 1. The minimum absolute atomic E-state index is 0.0552. The monoisotopic (exact) mass is 453 g/mol. The molecule has 0 aliphatic heterocycles. The molecule has 1 aliphatic carbocycles. The molecule has 3 rings (SSSR count). The van der Waals surface area contributed by atoms with Crippen LogP contribution in [0, 0.1) is 0 Å². The number of ether oxygens (including phenoxy) is 1. The Bertz CT molecular complexity index is 924. The summed E-state index contributed by atoms with van der Waals surface area (Å²) < 4.78 is 5.66. The van der Waals surface area contributed by atoms with Gasteiger partial charge in [0.25, 0.3) is 11.8 Å². The number of hydrogen-bond donors (Lipinski definition) is 3. The highest BCUT2D eigenvalue weighted by Crippen LogP contribution is 2.18. The van der Waals surface area contributed by atoms with E-state index in [0.717, 1.165) is 25.7 Å². The second-order valence-electron chi connectivity index (χ2n) is 8.02. The Kier molecular flexibility index (Phi) is 9.04. The molecular weight excluding hydrogens is 422 g/mol. The van der Waals surface area contributed by atoms with Gasteiger partial charge in [-0.3, -0.25) is 14.9 Å². The van der Waals surface area contributed by atoms with Crippen molar-refractivity contribution in [3.8, 4) is 5.75 Å². The summed E-state index contributed by atoms with van der Waals surface area (Å²) in [5.74, 6) is 0.291. The Balaban J connectivity index is 1.49. The topological polar surface area (TPSA) is 79.5 Å². The van der Waals surface area contributed by atoms with Gasteiger partial charge in [-0.05, 0) is 73.9 Å². The maximum absolute atomic E-state index is 12.5. The van der Waals surface area contributed by atoms with Crippen LogP contribution in [0.2, 0.25) is 0 Å². The van der Waals surface area contributed by atoms with Crippen LogP contribution in [0.25, 0.3) is 0 Å².